The number of pyridine rings is 1. The summed E-state index contributed by atoms with van der Waals surface area (Å²) in [5.41, 5.74) is 3.45. The molecule has 1 heterocycles. The summed E-state index contributed by atoms with van der Waals surface area (Å²) in [4.78, 5) is 16.5. The van der Waals surface area contributed by atoms with E-state index >= 15 is 0 Å². The van der Waals surface area contributed by atoms with Crippen LogP contribution in [-0.2, 0) is 4.74 Å². The standard InChI is InChI=1S/C19H17Cl2NO3/c1-2-25-19(24)18-15(21)7-8-16(22-18)13-5-3-4-12(13)14-10-11(20)6-9-17(14)23/h6-10,23H,2-5H2,1H3. The summed E-state index contributed by atoms with van der Waals surface area (Å²) in [5.74, 6) is -0.363. The Labute approximate surface area is 156 Å². The molecule has 1 N–H and O–H groups in total. The number of hydrogen-bond donors (Lipinski definition) is 1. The van der Waals surface area contributed by atoms with E-state index in [-0.39, 0.29) is 23.1 Å². The minimum absolute atomic E-state index is 0.107. The van der Waals surface area contributed by atoms with Crippen molar-refractivity contribution in [3.05, 3.63) is 57.3 Å². The molecule has 0 radical (unpaired) electrons. The van der Waals surface area contributed by atoms with E-state index in [2.05, 4.69) is 4.98 Å². The first kappa shape index (κ1) is 17.8. The van der Waals surface area contributed by atoms with Gasteiger partial charge in [-0.05, 0) is 67.7 Å². The SMILES string of the molecule is CCOC(=O)c1nc(C2=C(c3cc(Cl)ccc3O)CCC2)ccc1Cl. The van der Waals surface area contributed by atoms with Crippen molar-refractivity contribution in [1.29, 1.82) is 0 Å². The third-order valence-corrected chi connectivity index (χ3v) is 4.67. The van der Waals surface area contributed by atoms with Crippen LogP contribution in [0, 0.1) is 0 Å². The lowest BCUT2D eigenvalue weighted by Gasteiger charge is -2.11. The van der Waals surface area contributed by atoms with Crippen LogP contribution < -0.4 is 0 Å². The van der Waals surface area contributed by atoms with Crippen molar-refractivity contribution in [3.8, 4) is 5.75 Å². The highest BCUT2D eigenvalue weighted by molar-refractivity contribution is 6.33. The van der Waals surface area contributed by atoms with Crippen molar-refractivity contribution in [2.24, 2.45) is 0 Å². The highest BCUT2D eigenvalue weighted by Gasteiger charge is 2.23. The average Bonchev–Trinajstić information content (AvgIpc) is 3.07. The third-order valence-electron chi connectivity index (χ3n) is 4.13. The maximum Gasteiger partial charge on any atom is 0.358 e. The Bertz CT molecular complexity index is 862. The van der Waals surface area contributed by atoms with Gasteiger partial charge in [0.25, 0.3) is 0 Å². The van der Waals surface area contributed by atoms with Crippen molar-refractivity contribution in [3.63, 3.8) is 0 Å². The molecule has 0 atom stereocenters. The molecule has 6 heteroatoms. The number of halogens is 2. The van der Waals surface area contributed by atoms with Gasteiger partial charge in [0, 0.05) is 10.6 Å². The van der Waals surface area contributed by atoms with Gasteiger partial charge in [0.2, 0.25) is 0 Å². The number of phenols is 1. The molecular weight excluding hydrogens is 361 g/mol. The Kier molecular flexibility index (Phi) is 5.30. The normalized spacial score (nSPS) is 14.0. The quantitative estimate of drug-likeness (QED) is 0.727. The van der Waals surface area contributed by atoms with E-state index in [0.717, 1.165) is 30.4 Å². The number of rotatable bonds is 4. The van der Waals surface area contributed by atoms with Gasteiger partial charge in [-0.3, -0.25) is 0 Å². The molecule has 1 aliphatic rings. The number of ether oxygens (including phenoxy) is 1. The molecule has 1 aromatic carbocycles. The van der Waals surface area contributed by atoms with Crippen LogP contribution in [0.4, 0.5) is 0 Å². The Balaban J connectivity index is 2.09. The summed E-state index contributed by atoms with van der Waals surface area (Å²) < 4.78 is 5.01. The van der Waals surface area contributed by atoms with Crippen molar-refractivity contribution >= 4 is 40.3 Å². The zero-order chi connectivity index (χ0) is 18.0. The van der Waals surface area contributed by atoms with Crippen molar-refractivity contribution in [1.82, 2.24) is 4.98 Å². The van der Waals surface area contributed by atoms with Gasteiger partial charge < -0.3 is 9.84 Å². The molecule has 25 heavy (non-hydrogen) atoms. The Morgan fingerprint density at radius 2 is 1.96 bits per heavy atom. The lowest BCUT2D eigenvalue weighted by Crippen LogP contribution is -2.09. The maximum atomic E-state index is 12.0. The lowest BCUT2D eigenvalue weighted by atomic mass is 9.99. The molecule has 2 aromatic rings. The molecule has 0 aliphatic heterocycles. The molecule has 0 spiro atoms. The van der Waals surface area contributed by atoms with Crippen LogP contribution in [0.3, 0.4) is 0 Å². The largest absolute Gasteiger partial charge is 0.507 e. The van der Waals surface area contributed by atoms with Crippen molar-refractivity contribution in [2.75, 3.05) is 6.61 Å². The number of carbonyl (C=O) groups is 1. The predicted molar refractivity (Wildman–Crippen MR) is 99.0 cm³/mol. The molecule has 1 aromatic heterocycles. The molecule has 1 aliphatic carbocycles. The number of aromatic hydroxyl groups is 1. The third kappa shape index (κ3) is 3.65. The summed E-state index contributed by atoms with van der Waals surface area (Å²) >= 11 is 12.2. The fourth-order valence-electron chi connectivity index (χ4n) is 3.03. The first-order chi connectivity index (χ1) is 12.0. The van der Waals surface area contributed by atoms with Crippen LogP contribution in [0.2, 0.25) is 10.0 Å². The Morgan fingerprint density at radius 3 is 2.72 bits per heavy atom. The summed E-state index contributed by atoms with van der Waals surface area (Å²) in [6.45, 7) is 1.99. The van der Waals surface area contributed by atoms with Gasteiger partial charge in [-0.15, -0.1) is 0 Å². The van der Waals surface area contributed by atoms with Gasteiger partial charge >= 0.3 is 5.97 Å². The average molecular weight is 378 g/mol. The highest BCUT2D eigenvalue weighted by atomic mass is 35.5. The van der Waals surface area contributed by atoms with E-state index in [1.54, 1.807) is 37.3 Å². The summed E-state index contributed by atoms with van der Waals surface area (Å²) in [7, 11) is 0. The monoisotopic (exact) mass is 377 g/mol. The number of aromatic nitrogens is 1. The molecule has 0 bridgehead atoms. The highest BCUT2D eigenvalue weighted by Crippen LogP contribution is 2.43. The Hall–Kier alpha value is -2.04. The van der Waals surface area contributed by atoms with Gasteiger partial charge in [-0.2, -0.15) is 0 Å². The Morgan fingerprint density at radius 1 is 1.20 bits per heavy atom. The predicted octanol–water partition coefficient (Wildman–Crippen LogP) is 5.37. The number of hydrogen-bond acceptors (Lipinski definition) is 4. The second-order valence-corrected chi connectivity index (χ2v) is 6.56. The molecule has 0 unspecified atom stereocenters. The van der Waals surface area contributed by atoms with E-state index in [0.29, 0.717) is 16.3 Å². The van der Waals surface area contributed by atoms with Gasteiger partial charge in [-0.25, -0.2) is 9.78 Å². The van der Waals surface area contributed by atoms with Crippen LogP contribution >= 0.6 is 23.2 Å². The second-order valence-electron chi connectivity index (χ2n) is 5.72. The topological polar surface area (TPSA) is 59.4 Å². The van der Waals surface area contributed by atoms with Crippen molar-refractivity contribution < 1.29 is 14.6 Å². The van der Waals surface area contributed by atoms with Crippen molar-refractivity contribution in [2.45, 2.75) is 26.2 Å². The molecule has 130 valence electrons. The number of benzene rings is 1. The molecule has 0 fully saturated rings. The van der Waals surface area contributed by atoms with Crippen LogP contribution in [0.25, 0.3) is 11.1 Å². The first-order valence-corrected chi connectivity index (χ1v) is 8.81. The lowest BCUT2D eigenvalue weighted by molar-refractivity contribution is 0.0519. The van der Waals surface area contributed by atoms with Crippen LogP contribution in [-0.4, -0.2) is 22.7 Å². The van der Waals surface area contributed by atoms with Gasteiger partial charge in [0.15, 0.2) is 5.69 Å². The van der Waals surface area contributed by atoms with E-state index in [1.807, 2.05) is 0 Å². The number of esters is 1. The van der Waals surface area contributed by atoms with E-state index in [9.17, 15) is 9.90 Å². The number of carbonyl (C=O) groups excluding carboxylic acids is 1. The van der Waals surface area contributed by atoms with E-state index in [1.165, 1.54) is 0 Å². The number of phenolic OH excluding ortho intramolecular Hbond substituents is 1. The van der Waals surface area contributed by atoms with Crippen LogP contribution in [0.1, 0.15) is 47.9 Å². The molecule has 0 amide bonds. The summed E-state index contributed by atoms with van der Waals surface area (Å²) in [5, 5.41) is 11.0. The van der Waals surface area contributed by atoms with Crippen LogP contribution in [0.5, 0.6) is 5.75 Å². The zero-order valence-electron chi connectivity index (χ0n) is 13.7. The number of allylic oxidation sites excluding steroid dienone is 2. The van der Waals surface area contributed by atoms with Crippen LogP contribution in [0.15, 0.2) is 30.3 Å². The first-order valence-electron chi connectivity index (χ1n) is 8.06. The molecule has 4 nitrogen and oxygen atoms in total. The van der Waals surface area contributed by atoms with E-state index < -0.39 is 5.97 Å². The minimum atomic E-state index is -0.542. The number of nitrogens with zero attached hydrogens (tertiary/aromatic N) is 1. The second kappa shape index (κ2) is 7.46. The van der Waals surface area contributed by atoms with Gasteiger partial charge in [-0.1, -0.05) is 23.2 Å². The van der Waals surface area contributed by atoms with Gasteiger partial charge in [0.05, 0.1) is 17.3 Å². The summed E-state index contributed by atoms with van der Waals surface area (Å²) in [6.07, 6.45) is 2.55. The zero-order valence-corrected chi connectivity index (χ0v) is 15.2. The minimum Gasteiger partial charge on any atom is -0.507 e. The fourth-order valence-corrected chi connectivity index (χ4v) is 3.38. The van der Waals surface area contributed by atoms with Gasteiger partial charge in [0.1, 0.15) is 5.75 Å². The van der Waals surface area contributed by atoms with E-state index in [4.69, 9.17) is 27.9 Å². The molecular formula is C19H17Cl2NO3. The maximum absolute atomic E-state index is 12.0. The molecule has 0 saturated heterocycles. The summed E-state index contributed by atoms with van der Waals surface area (Å²) in [6, 6.07) is 8.42. The fraction of sp³-hybridized carbons (Fsp3) is 0.263. The molecule has 0 saturated carbocycles. The molecule has 3 rings (SSSR count). The smallest absolute Gasteiger partial charge is 0.358 e.